The molecule has 0 radical (unpaired) electrons. The van der Waals surface area contributed by atoms with E-state index >= 15 is 0 Å². The Hall–Kier alpha value is -2.35. The molecule has 1 aliphatic heterocycles. The zero-order valence-electron chi connectivity index (χ0n) is 12.4. The predicted octanol–water partition coefficient (Wildman–Crippen LogP) is 4.23. The van der Waals surface area contributed by atoms with Gasteiger partial charge in [-0.05, 0) is 24.1 Å². The number of allylic oxidation sites excluding steroid dienone is 1. The summed E-state index contributed by atoms with van der Waals surface area (Å²) in [4.78, 5) is 12.6. The highest BCUT2D eigenvalue weighted by Gasteiger charge is 2.39. The zero-order chi connectivity index (χ0) is 14.9. The summed E-state index contributed by atoms with van der Waals surface area (Å²) < 4.78 is 5.89. The van der Waals surface area contributed by atoms with Crippen LogP contribution in [-0.2, 0) is 4.79 Å². The van der Waals surface area contributed by atoms with Gasteiger partial charge in [0.15, 0.2) is 5.78 Å². The van der Waals surface area contributed by atoms with Crippen LogP contribution in [0.2, 0.25) is 0 Å². The number of rotatable bonds is 1. The molecule has 22 heavy (non-hydrogen) atoms. The van der Waals surface area contributed by atoms with E-state index in [1.165, 1.54) is 0 Å². The number of benzene rings is 2. The molecule has 0 unspecified atom stereocenters. The lowest BCUT2D eigenvalue weighted by atomic mass is 9.70. The minimum Gasteiger partial charge on any atom is -0.493 e. The van der Waals surface area contributed by atoms with Gasteiger partial charge in [-0.3, -0.25) is 4.79 Å². The number of Topliss-reactive ketones (excluding diaryl/α,β-unsaturated/α-hetero) is 1. The molecule has 2 heteroatoms. The van der Waals surface area contributed by atoms with Crippen molar-refractivity contribution < 1.29 is 9.53 Å². The second kappa shape index (κ2) is 5.45. The Bertz CT molecular complexity index is 730. The molecule has 2 nitrogen and oxygen atoms in total. The molecular formula is C20H18O2. The third kappa shape index (κ3) is 2.25. The first kappa shape index (κ1) is 13.3. The highest BCUT2D eigenvalue weighted by atomic mass is 16.5. The maximum absolute atomic E-state index is 12.6. The molecule has 0 N–H and O–H groups in total. The Balaban J connectivity index is 1.83. The highest BCUT2D eigenvalue weighted by molar-refractivity contribution is 6.02. The smallest absolute Gasteiger partial charge is 0.159 e. The second-order valence-corrected chi connectivity index (χ2v) is 6.06. The minimum atomic E-state index is 0.173. The number of ketones is 1. The number of carbonyl (C=O) groups is 1. The number of hydrogen-bond acceptors (Lipinski definition) is 2. The summed E-state index contributed by atoms with van der Waals surface area (Å²) in [6, 6.07) is 18.2. The number of hydrogen-bond donors (Lipinski definition) is 0. The van der Waals surface area contributed by atoms with Crippen LogP contribution in [0, 0.1) is 5.92 Å². The van der Waals surface area contributed by atoms with Gasteiger partial charge < -0.3 is 4.74 Å². The van der Waals surface area contributed by atoms with Crippen molar-refractivity contribution in [2.45, 2.75) is 18.8 Å². The van der Waals surface area contributed by atoms with E-state index in [9.17, 15) is 4.79 Å². The Labute approximate surface area is 130 Å². The average molecular weight is 290 g/mol. The number of ether oxygens (including phenoxy) is 1. The van der Waals surface area contributed by atoms with E-state index < -0.39 is 0 Å². The van der Waals surface area contributed by atoms with Crippen LogP contribution >= 0.6 is 0 Å². The highest BCUT2D eigenvalue weighted by Crippen LogP contribution is 2.47. The molecule has 0 amide bonds. The third-order valence-electron chi connectivity index (χ3n) is 4.70. The van der Waals surface area contributed by atoms with E-state index in [-0.39, 0.29) is 11.7 Å². The Morgan fingerprint density at radius 2 is 1.77 bits per heavy atom. The minimum absolute atomic E-state index is 0.173. The van der Waals surface area contributed by atoms with Gasteiger partial charge in [-0.15, -0.1) is 0 Å². The molecule has 1 fully saturated rings. The van der Waals surface area contributed by atoms with Crippen LogP contribution in [0.1, 0.15) is 29.9 Å². The summed E-state index contributed by atoms with van der Waals surface area (Å²) >= 11 is 0. The van der Waals surface area contributed by atoms with Crippen molar-refractivity contribution in [1.29, 1.82) is 0 Å². The van der Waals surface area contributed by atoms with Gasteiger partial charge in [0.2, 0.25) is 0 Å². The first-order valence-electron chi connectivity index (χ1n) is 7.84. The molecule has 1 aliphatic carbocycles. The number of para-hydroxylation sites is 1. The standard InChI is InChI=1S/C20H18O2/c21-18-11-10-15-13-22-19-9-5-4-8-16(19)20(15)17(18)12-14-6-2-1-3-7-14/h1-9,12,15,20H,10-11,13H2/b17-12-/t15-,20+/m1/s1. The fraction of sp³-hybridized carbons (Fsp3) is 0.250. The lowest BCUT2D eigenvalue weighted by Crippen LogP contribution is -2.33. The molecule has 0 aromatic heterocycles. The summed E-state index contributed by atoms with van der Waals surface area (Å²) in [7, 11) is 0. The Kier molecular flexibility index (Phi) is 3.30. The summed E-state index contributed by atoms with van der Waals surface area (Å²) in [6.45, 7) is 0.709. The average Bonchev–Trinajstić information content (AvgIpc) is 2.58. The molecule has 2 aromatic carbocycles. The molecule has 110 valence electrons. The molecule has 4 rings (SSSR count). The van der Waals surface area contributed by atoms with Gasteiger partial charge in [0.25, 0.3) is 0 Å². The van der Waals surface area contributed by atoms with E-state index in [4.69, 9.17) is 4.74 Å². The van der Waals surface area contributed by atoms with Crippen LogP contribution < -0.4 is 4.74 Å². The van der Waals surface area contributed by atoms with Crippen molar-refractivity contribution in [1.82, 2.24) is 0 Å². The molecule has 1 saturated carbocycles. The van der Waals surface area contributed by atoms with Gasteiger partial charge in [0.1, 0.15) is 5.75 Å². The van der Waals surface area contributed by atoms with Crippen LogP contribution in [0.15, 0.2) is 60.2 Å². The van der Waals surface area contributed by atoms with Crippen molar-refractivity contribution in [2.24, 2.45) is 5.92 Å². The van der Waals surface area contributed by atoms with E-state index in [1.807, 2.05) is 36.4 Å². The van der Waals surface area contributed by atoms with Crippen LogP contribution in [0.4, 0.5) is 0 Å². The molecular weight excluding hydrogens is 272 g/mol. The molecule has 2 aromatic rings. The van der Waals surface area contributed by atoms with Gasteiger partial charge in [-0.1, -0.05) is 48.5 Å². The third-order valence-corrected chi connectivity index (χ3v) is 4.70. The Morgan fingerprint density at radius 1 is 1.00 bits per heavy atom. The van der Waals surface area contributed by atoms with Gasteiger partial charge in [-0.25, -0.2) is 0 Å². The first-order valence-corrected chi connectivity index (χ1v) is 7.84. The van der Waals surface area contributed by atoms with Crippen LogP contribution in [0.5, 0.6) is 5.75 Å². The molecule has 2 aliphatic rings. The zero-order valence-corrected chi connectivity index (χ0v) is 12.4. The maximum atomic E-state index is 12.6. The van der Waals surface area contributed by atoms with Crippen molar-refractivity contribution in [3.8, 4) is 5.75 Å². The Morgan fingerprint density at radius 3 is 2.64 bits per heavy atom. The van der Waals surface area contributed by atoms with Gasteiger partial charge in [-0.2, -0.15) is 0 Å². The normalized spacial score (nSPS) is 25.3. The molecule has 2 atom stereocenters. The fourth-order valence-corrected chi connectivity index (χ4v) is 3.62. The second-order valence-electron chi connectivity index (χ2n) is 6.06. The summed E-state index contributed by atoms with van der Waals surface area (Å²) in [6.07, 6.45) is 3.62. The van der Waals surface area contributed by atoms with E-state index in [1.54, 1.807) is 0 Å². The van der Waals surface area contributed by atoms with Crippen LogP contribution in [-0.4, -0.2) is 12.4 Å². The lowest BCUT2D eigenvalue weighted by molar-refractivity contribution is -0.117. The SMILES string of the molecule is O=C1CC[C@@H]2COc3ccccc3[C@H]2/C1=C\c1ccccc1. The summed E-state index contributed by atoms with van der Waals surface area (Å²) in [5, 5.41) is 0. The monoisotopic (exact) mass is 290 g/mol. The maximum Gasteiger partial charge on any atom is 0.159 e. The molecule has 1 heterocycles. The summed E-state index contributed by atoms with van der Waals surface area (Å²) in [5.74, 6) is 1.79. The number of carbonyl (C=O) groups excluding carboxylic acids is 1. The quantitative estimate of drug-likeness (QED) is 0.735. The van der Waals surface area contributed by atoms with Gasteiger partial charge in [0.05, 0.1) is 6.61 Å². The molecule has 0 bridgehead atoms. The van der Waals surface area contributed by atoms with Crippen LogP contribution in [0.3, 0.4) is 0 Å². The van der Waals surface area contributed by atoms with Crippen molar-refractivity contribution in [3.63, 3.8) is 0 Å². The molecule has 0 spiro atoms. The van der Waals surface area contributed by atoms with Gasteiger partial charge in [0, 0.05) is 29.4 Å². The topological polar surface area (TPSA) is 26.3 Å². The first-order chi connectivity index (χ1) is 10.8. The fourth-order valence-electron chi connectivity index (χ4n) is 3.62. The van der Waals surface area contributed by atoms with Crippen LogP contribution in [0.25, 0.3) is 6.08 Å². The molecule has 0 saturated heterocycles. The van der Waals surface area contributed by atoms with Crippen molar-refractivity contribution >= 4 is 11.9 Å². The van der Waals surface area contributed by atoms with Crippen molar-refractivity contribution in [2.75, 3.05) is 6.61 Å². The van der Waals surface area contributed by atoms with Gasteiger partial charge >= 0.3 is 0 Å². The summed E-state index contributed by atoms with van der Waals surface area (Å²) in [5.41, 5.74) is 3.20. The number of fused-ring (bicyclic) bond motifs is 3. The van der Waals surface area contributed by atoms with Crippen molar-refractivity contribution in [3.05, 3.63) is 71.3 Å². The van der Waals surface area contributed by atoms with E-state index in [0.29, 0.717) is 18.9 Å². The largest absolute Gasteiger partial charge is 0.493 e. The van der Waals surface area contributed by atoms with E-state index in [2.05, 4.69) is 24.3 Å². The predicted molar refractivity (Wildman–Crippen MR) is 86.8 cm³/mol. The van der Waals surface area contributed by atoms with E-state index in [0.717, 1.165) is 28.9 Å². The lowest BCUT2D eigenvalue weighted by Gasteiger charge is -2.38.